The van der Waals surface area contributed by atoms with Crippen LogP contribution in [-0.4, -0.2) is 43.2 Å². The van der Waals surface area contributed by atoms with Gasteiger partial charge in [-0.1, -0.05) is 0 Å². The molecule has 7 heteroatoms. The molecule has 0 aliphatic carbocycles. The Labute approximate surface area is 97.4 Å². The third kappa shape index (κ3) is 3.33. The molecule has 17 heavy (non-hydrogen) atoms. The van der Waals surface area contributed by atoms with Crippen LogP contribution in [0.2, 0.25) is 0 Å². The van der Waals surface area contributed by atoms with E-state index in [1.165, 1.54) is 18.0 Å². The molecule has 1 rings (SSSR count). The Morgan fingerprint density at radius 2 is 2.29 bits per heavy atom. The molecule has 1 saturated heterocycles. The van der Waals surface area contributed by atoms with Crippen LogP contribution in [0.1, 0.15) is 12.8 Å². The van der Waals surface area contributed by atoms with Crippen LogP contribution in [0.15, 0.2) is 0 Å². The summed E-state index contributed by atoms with van der Waals surface area (Å²) in [5.74, 6) is -2.32. The van der Waals surface area contributed by atoms with Crippen molar-refractivity contribution in [2.24, 2.45) is 5.92 Å². The van der Waals surface area contributed by atoms with Gasteiger partial charge in [0.2, 0.25) is 5.91 Å². The molecule has 0 bridgehead atoms. The van der Waals surface area contributed by atoms with Crippen molar-refractivity contribution in [2.45, 2.75) is 25.1 Å². The van der Waals surface area contributed by atoms with Crippen molar-refractivity contribution in [3.8, 4) is 6.07 Å². The lowest BCUT2D eigenvalue weighted by atomic mass is 10.1. The predicted molar refractivity (Wildman–Crippen MR) is 53.8 cm³/mol. The second-order valence-corrected chi connectivity index (χ2v) is 3.99. The van der Waals surface area contributed by atoms with Crippen LogP contribution < -0.4 is 5.32 Å². The van der Waals surface area contributed by atoms with Gasteiger partial charge in [0.15, 0.2) is 5.92 Å². The molecule has 0 saturated carbocycles. The second-order valence-electron chi connectivity index (χ2n) is 3.99. The molecule has 2 atom stereocenters. The standard InChI is InChI=1S/C10H14F3N3O/c1-15-9(17)8-3-2-4-16(8)6-7(5-14)10(11,12)13/h7-8H,2-4,6H2,1H3,(H,15,17). The minimum absolute atomic E-state index is 0.290. The van der Waals surface area contributed by atoms with Gasteiger partial charge >= 0.3 is 6.18 Å². The lowest BCUT2D eigenvalue weighted by Crippen LogP contribution is -2.45. The van der Waals surface area contributed by atoms with Crippen LogP contribution in [0.5, 0.6) is 0 Å². The number of amides is 1. The Balaban J connectivity index is 2.67. The van der Waals surface area contributed by atoms with Gasteiger partial charge in [-0.25, -0.2) is 0 Å². The number of halogens is 3. The number of hydrogen-bond donors (Lipinski definition) is 1. The summed E-state index contributed by atoms with van der Waals surface area (Å²) in [4.78, 5) is 12.9. The molecule has 2 unspecified atom stereocenters. The molecular weight excluding hydrogens is 235 g/mol. The summed E-state index contributed by atoms with van der Waals surface area (Å²) >= 11 is 0. The minimum atomic E-state index is -4.54. The zero-order valence-electron chi connectivity index (χ0n) is 9.42. The van der Waals surface area contributed by atoms with E-state index in [0.29, 0.717) is 19.4 Å². The fourth-order valence-electron chi connectivity index (χ4n) is 1.96. The average Bonchev–Trinajstić information content (AvgIpc) is 2.71. The molecule has 1 aliphatic heterocycles. The van der Waals surface area contributed by atoms with Gasteiger partial charge in [0.1, 0.15) is 0 Å². The molecule has 96 valence electrons. The van der Waals surface area contributed by atoms with Crippen LogP contribution in [-0.2, 0) is 4.79 Å². The lowest BCUT2D eigenvalue weighted by Gasteiger charge is -2.25. The van der Waals surface area contributed by atoms with Crippen molar-refractivity contribution < 1.29 is 18.0 Å². The highest BCUT2D eigenvalue weighted by atomic mass is 19.4. The van der Waals surface area contributed by atoms with Gasteiger partial charge in [-0.3, -0.25) is 9.69 Å². The number of likely N-dealkylation sites (tertiary alicyclic amines) is 1. The normalized spacial score (nSPS) is 23.1. The molecule has 1 amide bonds. The molecule has 0 aromatic heterocycles. The van der Waals surface area contributed by atoms with Crippen LogP contribution in [0.25, 0.3) is 0 Å². The molecule has 4 nitrogen and oxygen atoms in total. The summed E-state index contributed by atoms with van der Waals surface area (Å²) in [7, 11) is 1.45. The SMILES string of the molecule is CNC(=O)C1CCCN1CC(C#N)C(F)(F)F. The molecule has 0 aromatic carbocycles. The highest BCUT2D eigenvalue weighted by molar-refractivity contribution is 5.81. The third-order valence-electron chi connectivity index (χ3n) is 2.88. The molecule has 0 spiro atoms. The Hall–Kier alpha value is -1.29. The first kappa shape index (κ1) is 13.8. The van der Waals surface area contributed by atoms with Gasteiger partial charge < -0.3 is 5.32 Å². The summed E-state index contributed by atoms with van der Waals surface area (Å²) in [6.07, 6.45) is -3.33. The quantitative estimate of drug-likeness (QED) is 0.808. The monoisotopic (exact) mass is 249 g/mol. The first-order chi connectivity index (χ1) is 7.90. The van der Waals surface area contributed by atoms with Crippen molar-refractivity contribution in [2.75, 3.05) is 20.1 Å². The summed E-state index contributed by atoms with van der Waals surface area (Å²) in [5.41, 5.74) is 0. The van der Waals surface area contributed by atoms with E-state index < -0.39 is 24.7 Å². The number of alkyl halides is 3. The molecular formula is C10H14F3N3O. The topological polar surface area (TPSA) is 56.1 Å². The first-order valence-electron chi connectivity index (χ1n) is 5.32. The van der Waals surface area contributed by atoms with Gasteiger partial charge in [0.25, 0.3) is 0 Å². The van der Waals surface area contributed by atoms with Gasteiger partial charge in [-0.05, 0) is 19.4 Å². The second kappa shape index (κ2) is 5.36. The smallest absolute Gasteiger partial charge is 0.358 e. The fraction of sp³-hybridized carbons (Fsp3) is 0.800. The zero-order chi connectivity index (χ0) is 13.1. The van der Waals surface area contributed by atoms with Gasteiger partial charge in [0, 0.05) is 13.6 Å². The van der Waals surface area contributed by atoms with Crippen LogP contribution in [0, 0.1) is 17.2 Å². The van der Waals surface area contributed by atoms with Crippen LogP contribution in [0.4, 0.5) is 13.2 Å². The number of carbonyl (C=O) groups excluding carboxylic acids is 1. The summed E-state index contributed by atoms with van der Waals surface area (Å²) in [5, 5.41) is 10.9. The minimum Gasteiger partial charge on any atom is -0.358 e. The van der Waals surface area contributed by atoms with Crippen molar-refractivity contribution in [3.63, 3.8) is 0 Å². The molecule has 0 aromatic rings. The maximum absolute atomic E-state index is 12.4. The molecule has 1 heterocycles. The first-order valence-corrected chi connectivity index (χ1v) is 5.32. The predicted octanol–water partition coefficient (Wildman–Crippen LogP) is 0.899. The maximum atomic E-state index is 12.4. The van der Waals surface area contributed by atoms with Crippen LogP contribution >= 0.6 is 0 Å². The third-order valence-corrected chi connectivity index (χ3v) is 2.88. The van der Waals surface area contributed by atoms with E-state index in [1.54, 1.807) is 0 Å². The van der Waals surface area contributed by atoms with E-state index in [1.807, 2.05) is 0 Å². The van der Waals surface area contributed by atoms with Crippen molar-refractivity contribution in [1.82, 2.24) is 10.2 Å². The Morgan fingerprint density at radius 3 is 2.76 bits per heavy atom. The number of nitriles is 1. The Bertz CT molecular complexity index is 324. The van der Waals surface area contributed by atoms with Crippen LogP contribution in [0.3, 0.4) is 0 Å². The summed E-state index contributed by atoms with van der Waals surface area (Å²) in [6.45, 7) is -0.00949. The molecule has 1 N–H and O–H groups in total. The van der Waals surface area contributed by atoms with E-state index in [2.05, 4.69) is 5.32 Å². The maximum Gasteiger partial charge on any atom is 0.405 e. The fourth-order valence-corrected chi connectivity index (χ4v) is 1.96. The summed E-state index contributed by atoms with van der Waals surface area (Å²) < 4.78 is 37.3. The highest BCUT2D eigenvalue weighted by Crippen LogP contribution is 2.28. The number of nitrogens with one attached hydrogen (secondary N) is 1. The number of hydrogen-bond acceptors (Lipinski definition) is 3. The van der Waals surface area contributed by atoms with E-state index >= 15 is 0 Å². The Kier molecular flexibility index (Phi) is 4.34. The van der Waals surface area contributed by atoms with Crippen molar-refractivity contribution in [3.05, 3.63) is 0 Å². The number of likely N-dealkylation sites (N-methyl/N-ethyl adjacent to an activating group) is 1. The zero-order valence-corrected chi connectivity index (χ0v) is 9.42. The summed E-state index contributed by atoms with van der Waals surface area (Å²) in [6, 6.07) is 0.705. The molecule has 0 radical (unpaired) electrons. The number of nitrogens with zero attached hydrogens (tertiary/aromatic N) is 2. The number of rotatable bonds is 3. The molecule has 1 fully saturated rings. The average molecular weight is 249 g/mol. The largest absolute Gasteiger partial charge is 0.405 e. The van der Waals surface area contributed by atoms with E-state index in [0.717, 1.165) is 0 Å². The van der Waals surface area contributed by atoms with Gasteiger partial charge in [0.05, 0.1) is 12.1 Å². The van der Waals surface area contributed by atoms with E-state index in [9.17, 15) is 18.0 Å². The Morgan fingerprint density at radius 1 is 1.65 bits per heavy atom. The highest BCUT2D eigenvalue weighted by Gasteiger charge is 2.43. The molecule has 1 aliphatic rings. The van der Waals surface area contributed by atoms with E-state index in [4.69, 9.17) is 5.26 Å². The van der Waals surface area contributed by atoms with E-state index in [-0.39, 0.29) is 5.91 Å². The lowest BCUT2D eigenvalue weighted by molar-refractivity contribution is -0.164. The van der Waals surface area contributed by atoms with Crippen molar-refractivity contribution >= 4 is 5.91 Å². The van der Waals surface area contributed by atoms with Crippen molar-refractivity contribution in [1.29, 1.82) is 5.26 Å². The number of carbonyl (C=O) groups is 1. The van der Waals surface area contributed by atoms with Gasteiger partial charge in [-0.15, -0.1) is 0 Å². The van der Waals surface area contributed by atoms with Gasteiger partial charge in [-0.2, -0.15) is 18.4 Å².